The standard InChI is InChI=1S/C15H14BrN3S/c1-18-15(20)19(13-5-3-2-4-6-13)14(17-18)11-7-9-12(16)10-8-11/h2-10,14,17H,1H3. The highest BCUT2D eigenvalue weighted by atomic mass is 79.9. The molecule has 0 saturated carbocycles. The molecule has 5 heteroatoms. The van der Waals surface area contributed by atoms with Crippen molar-refractivity contribution in [3.05, 3.63) is 64.6 Å². The number of rotatable bonds is 2. The third-order valence-electron chi connectivity index (χ3n) is 3.29. The number of nitrogens with one attached hydrogen (secondary N) is 1. The number of nitrogens with zero attached hydrogens (tertiary/aromatic N) is 2. The van der Waals surface area contributed by atoms with Gasteiger partial charge in [0.25, 0.3) is 0 Å². The van der Waals surface area contributed by atoms with Gasteiger partial charge in [0.2, 0.25) is 0 Å². The van der Waals surface area contributed by atoms with Crippen LogP contribution in [0.25, 0.3) is 0 Å². The highest BCUT2D eigenvalue weighted by Gasteiger charge is 2.33. The molecule has 0 aromatic heterocycles. The lowest BCUT2D eigenvalue weighted by molar-refractivity contribution is 0.369. The summed E-state index contributed by atoms with van der Waals surface area (Å²) in [5.41, 5.74) is 5.65. The molecule has 3 rings (SSSR count). The van der Waals surface area contributed by atoms with E-state index in [2.05, 4.69) is 50.5 Å². The van der Waals surface area contributed by atoms with Crippen molar-refractivity contribution in [2.45, 2.75) is 6.17 Å². The second-order valence-electron chi connectivity index (χ2n) is 4.63. The van der Waals surface area contributed by atoms with E-state index in [1.807, 2.05) is 42.4 Å². The lowest BCUT2D eigenvalue weighted by atomic mass is 10.1. The molecule has 102 valence electrons. The lowest BCUT2D eigenvalue weighted by Gasteiger charge is -2.24. The average molecular weight is 348 g/mol. The number of hydrogen-bond acceptors (Lipinski definition) is 2. The summed E-state index contributed by atoms with van der Waals surface area (Å²) in [6, 6.07) is 18.5. The number of benzene rings is 2. The molecule has 0 amide bonds. The molecule has 3 nitrogen and oxygen atoms in total. The average Bonchev–Trinajstić information content (AvgIpc) is 2.77. The summed E-state index contributed by atoms with van der Waals surface area (Å²) < 4.78 is 1.07. The second-order valence-corrected chi connectivity index (χ2v) is 5.91. The number of hydrazine groups is 1. The highest BCUT2D eigenvalue weighted by molar-refractivity contribution is 9.10. The van der Waals surface area contributed by atoms with Gasteiger partial charge in [0.15, 0.2) is 5.11 Å². The Bertz CT molecular complexity index is 615. The topological polar surface area (TPSA) is 18.5 Å². The fourth-order valence-corrected chi connectivity index (χ4v) is 2.81. The zero-order valence-electron chi connectivity index (χ0n) is 11.0. The molecule has 1 aliphatic rings. The van der Waals surface area contributed by atoms with Crippen LogP contribution in [0.15, 0.2) is 59.1 Å². The van der Waals surface area contributed by atoms with E-state index < -0.39 is 0 Å². The molecule has 0 aliphatic carbocycles. The summed E-state index contributed by atoms with van der Waals surface area (Å²) in [5.74, 6) is 0. The zero-order chi connectivity index (χ0) is 14.1. The Morgan fingerprint density at radius 1 is 1.05 bits per heavy atom. The molecule has 1 unspecified atom stereocenters. The van der Waals surface area contributed by atoms with E-state index in [0.717, 1.165) is 15.3 Å². The number of halogens is 1. The maximum Gasteiger partial charge on any atom is 0.192 e. The number of anilines is 1. The van der Waals surface area contributed by atoms with Gasteiger partial charge in [-0.25, -0.2) is 5.43 Å². The Morgan fingerprint density at radius 3 is 2.35 bits per heavy atom. The van der Waals surface area contributed by atoms with Gasteiger partial charge in [-0.3, -0.25) is 9.91 Å². The van der Waals surface area contributed by atoms with Crippen molar-refractivity contribution < 1.29 is 0 Å². The summed E-state index contributed by atoms with van der Waals surface area (Å²) in [6.45, 7) is 0. The Kier molecular flexibility index (Phi) is 3.74. The van der Waals surface area contributed by atoms with E-state index in [9.17, 15) is 0 Å². The minimum Gasteiger partial charge on any atom is -0.296 e. The molecular weight excluding hydrogens is 334 g/mol. The molecule has 1 atom stereocenters. The number of thiocarbonyl (C=S) groups is 1. The molecule has 1 heterocycles. The zero-order valence-corrected chi connectivity index (χ0v) is 13.4. The van der Waals surface area contributed by atoms with Crippen LogP contribution >= 0.6 is 28.1 Å². The van der Waals surface area contributed by atoms with Crippen molar-refractivity contribution >= 4 is 38.9 Å². The quantitative estimate of drug-likeness (QED) is 0.834. The predicted molar refractivity (Wildman–Crippen MR) is 89.3 cm³/mol. The van der Waals surface area contributed by atoms with Crippen molar-refractivity contribution in [1.82, 2.24) is 10.4 Å². The van der Waals surface area contributed by atoms with Gasteiger partial charge in [-0.2, -0.15) is 0 Å². The summed E-state index contributed by atoms with van der Waals surface area (Å²) in [5, 5.41) is 2.65. The van der Waals surface area contributed by atoms with E-state index in [-0.39, 0.29) is 6.17 Å². The van der Waals surface area contributed by atoms with Crippen molar-refractivity contribution in [3.63, 3.8) is 0 Å². The first-order chi connectivity index (χ1) is 9.66. The van der Waals surface area contributed by atoms with Crippen LogP contribution in [-0.4, -0.2) is 17.2 Å². The van der Waals surface area contributed by atoms with E-state index in [4.69, 9.17) is 12.2 Å². The van der Waals surface area contributed by atoms with Crippen molar-refractivity contribution in [1.29, 1.82) is 0 Å². The van der Waals surface area contributed by atoms with Crippen molar-refractivity contribution in [2.75, 3.05) is 11.9 Å². The monoisotopic (exact) mass is 347 g/mol. The van der Waals surface area contributed by atoms with Crippen molar-refractivity contribution in [3.8, 4) is 0 Å². The van der Waals surface area contributed by atoms with Crippen LogP contribution in [0.3, 0.4) is 0 Å². The Hall–Kier alpha value is -1.43. The summed E-state index contributed by atoms with van der Waals surface area (Å²) in [7, 11) is 1.94. The first kappa shape index (κ1) is 13.5. The van der Waals surface area contributed by atoms with Gasteiger partial charge < -0.3 is 0 Å². The third-order valence-corrected chi connectivity index (χ3v) is 4.29. The second kappa shape index (κ2) is 5.52. The van der Waals surface area contributed by atoms with Gasteiger partial charge in [-0.1, -0.05) is 46.3 Å². The highest BCUT2D eigenvalue weighted by Crippen LogP contribution is 2.31. The van der Waals surface area contributed by atoms with E-state index in [0.29, 0.717) is 0 Å². The van der Waals surface area contributed by atoms with Gasteiger partial charge in [-0.15, -0.1) is 0 Å². The van der Waals surface area contributed by atoms with Crippen LogP contribution in [0.4, 0.5) is 5.69 Å². The normalized spacial score (nSPS) is 18.7. The molecule has 2 aromatic rings. The lowest BCUT2D eigenvalue weighted by Crippen LogP contribution is -2.30. The van der Waals surface area contributed by atoms with Gasteiger partial charge in [0.1, 0.15) is 6.17 Å². The molecule has 1 aliphatic heterocycles. The summed E-state index contributed by atoms with van der Waals surface area (Å²) in [6.07, 6.45) is 0.0167. The third kappa shape index (κ3) is 2.44. The van der Waals surface area contributed by atoms with E-state index in [1.165, 1.54) is 5.56 Å². The molecule has 1 saturated heterocycles. The van der Waals surface area contributed by atoms with Crippen LogP contribution in [-0.2, 0) is 0 Å². The maximum atomic E-state index is 5.53. The maximum absolute atomic E-state index is 5.53. The first-order valence-corrected chi connectivity index (χ1v) is 7.50. The van der Waals surface area contributed by atoms with Gasteiger partial charge in [-0.05, 0) is 42.0 Å². The minimum absolute atomic E-state index is 0.0167. The molecule has 1 fully saturated rings. The molecular formula is C15H14BrN3S. The molecule has 0 spiro atoms. The predicted octanol–water partition coefficient (Wildman–Crippen LogP) is 3.69. The minimum atomic E-state index is 0.0167. The van der Waals surface area contributed by atoms with Gasteiger partial charge in [0.05, 0.1) is 0 Å². The van der Waals surface area contributed by atoms with Crippen LogP contribution < -0.4 is 10.3 Å². The fourth-order valence-electron chi connectivity index (χ4n) is 2.29. The fraction of sp³-hybridized carbons (Fsp3) is 0.133. The van der Waals surface area contributed by atoms with Crippen LogP contribution in [0.5, 0.6) is 0 Å². The Balaban J connectivity index is 2.00. The first-order valence-electron chi connectivity index (χ1n) is 6.30. The molecule has 20 heavy (non-hydrogen) atoms. The molecule has 0 radical (unpaired) electrons. The number of hydrogen-bond donors (Lipinski definition) is 1. The number of para-hydroxylation sites is 1. The molecule has 1 N–H and O–H groups in total. The summed E-state index contributed by atoms with van der Waals surface area (Å²) in [4.78, 5) is 2.12. The smallest absolute Gasteiger partial charge is 0.192 e. The van der Waals surface area contributed by atoms with Gasteiger partial charge in [0, 0.05) is 17.2 Å². The Morgan fingerprint density at radius 2 is 1.70 bits per heavy atom. The van der Waals surface area contributed by atoms with Crippen LogP contribution in [0.1, 0.15) is 11.7 Å². The molecule has 2 aromatic carbocycles. The van der Waals surface area contributed by atoms with Gasteiger partial charge >= 0.3 is 0 Å². The Labute approximate surface area is 132 Å². The van der Waals surface area contributed by atoms with Crippen LogP contribution in [0.2, 0.25) is 0 Å². The van der Waals surface area contributed by atoms with Crippen LogP contribution in [0, 0.1) is 0 Å². The summed E-state index contributed by atoms with van der Waals surface area (Å²) >= 11 is 9.00. The van der Waals surface area contributed by atoms with E-state index in [1.54, 1.807) is 0 Å². The largest absolute Gasteiger partial charge is 0.296 e. The molecule has 0 bridgehead atoms. The van der Waals surface area contributed by atoms with E-state index >= 15 is 0 Å². The SMILES string of the molecule is CN1NC(c2ccc(Br)cc2)N(c2ccccc2)C1=S. The van der Waals surface area contributed by atoms with Crippen molar-refractivity contribution in [2.24, 2.45) is 0 Å².